The molecule has 1 unspecified atom stereocenters. The van der Waals surface area contributed by atoms with Crippen LogP contribution >= 0.6 is 22.8 Å². The van der Waals surface area contributed by atoms with E-state index in [1.165, 1.54) is 6.33 Å². The van der Waals surface area contributed by atoms with Gasteiger partial charge in [-0.05, 0) is 25.9 Å². The van der Waals surface area contributed by atoms with Gasteiger partial charge in [-0.1, -0.05) is 15.9 Å². The van der Waals surface area contributed by atoms with Crippen molar-refractivity contribution >= 4 is 46.2 Å². The Morgan fingerprint density at radius 3 is 2.96 bits per heavy atom. The average Bonchev–Trinajstić information content (AvgIpc) is 3.00. The summed E-state index contributed by atoms with van der Waals surface area (Å²) >= 11 is 3.50. The van der Waals surface area contributed by atoms with Gasteiger partial charge in [-0.25, -0.2) is 4.98 Å². The Hall–Kier alpha value is -1.15. The van der Waals surface area contributed by atoms with E-state index in [0.717, 1.165) is 12.6 Å². The van der Waals surface area contributed by atoms with E-state index >= 15 is 0 Å². The second-order valence-electron chi connectivity index (χ2n) is 6.72. The quantitative estimate of drug-likeness (QED) is 0.500. The molecule has 0 aromatic carbocycles. The zero-order valence-corrected chi connectivity index (χ0v) is 16.0. The highest BCUT2D eigenvalue weighted by atomic mass is 79.9. The normalized spacial score (nSPS) is 27.8. The Bertz CT molecular complexity index is 860. The van der Waals surface area contributed by atoms with Gasteiger partial charge < -0.3 is 15.6 Å². The summed E-state index contributed by atoms with van der Waals surface area (Å²) in [6, 6.07) is 0. The minimum Gasteiger partial charge on any atom is -0.389 e. The number of aliphatic hydroxyl groups is 1. The summed E-state index contributed by atoms with van der Waals surface area (Å²) in [5.41, 5.74) is 5.75. The highest BCUT2D eigenvalue weighted by Gasteiger charge is 2.43. The van der Waals surface area contributed by atoms with Crippen LogP contribution in [0.5, 0.6) is 0 Å². The van der Waals surface area contributed by atoms with Gasteiger partial charge >= 0.3 is 0 Å². The van der Waals surface area contributed by atoms with Crippen LogP contribution in [-0.4, -0.2) is 67.5 Å². The summed E-state index contributed by atoms with van der Waals surface area (Å²) in [4.78, 5) is 22.2. The number of H-pyrrole nitrogens is 1. The highest BCUT2D eigenvalue weighted by Crippen LogP contribution is 2.41. The summed E-state index contributed by atoms with van der Waals surface area (Å²) in [6.45, 7) is 3.11. The number of rotatable bonds is 4. The van der Waals surface area contributed by atoms with E-state index in [4.69, 9.17) is 10.5 Å². The van der Waals surface area contributed by atoms with Crippen LogP contribution in [0.3, 0.4) is 0 Å². The van der Waals surface area contributed by atoms with Crippen LogP contribution in [0, 0.1) is 0 Å². The molecule has 24 heavy (non-hydrogen) atoms. The van der Waals surface area contributed by atoms with Gasteiger partial charge in [0.25, 0.3) is 5.56 Å². The molecule has 4 atom stereocenters. The number of nitrogens with one attached hydrogen (secondary N) is 1. The van der Waals surface area contributed by atoms with Crippen LogP contribution in [-0.2, 0) is 4.74 Å². The summed E-state index contributed by atoms with van der Waals surface area (Å²) in [5, 5.41) is 10.5. The number of hydrogen-bond acceptors (Lipinski definition) is 6. The first-order valence-electron chi connectivity index (χ1n) is 7.54. The third-order valence-corrected chi connectivity index (χ3v) is 6.50. The fourth-order valence-corrected chi connectivity index (χ4v) is 4.45. The molecule has 132 valence electrons. The van der Waals surface area contributed by atoms with E-state index in [9.17, 15) is 9.90 Å². The zero-order chi connectivity index (χ0) is 17.6. The molecule has 0 saturated carbocycles. The van der Waals surface area contributed by atoms with Crippen LogP contribution < -0.4 is 11.3 Å². The van der Waals surface area contributed by atoms with Crippen molar-refractivity contribution in [2.45, 2.75) is 29.7 Å². The number of alkyl halides is 1. The molecule has 0 aliphatic carbocycles. The molecule has 0 spiro atoms. The maximum atomic E-state index is 11.9. The molecule has 4 N–H and O–H groups in total. The monoisotopic (exact) mass is 417 g/mol. The maximum Gasteiger partial charge on any atom is 0.280 e. The van der Waals surface area contributed by atoms with Gasteiger partial charge in [-0.3, -0.25) is 14.3 Å². The molecule has 1 saturated heterocycles. The number of ether oxygens (including phenoxy) is 1. The molecule has 1 fully saturated rings. The Balaban J connectivity index is 1.90. The molecule has 8 nitrogen and oxygen atoms in total. The molecule has 3 rings (SSSR count). The van der Waals surface area contributed by atoms with E-state index < -0.39 is 24.8 Å². The first-order valence-corrected chi connectivity index (χ1v) is 11.5. The van der Waals surface area contributed by atoms with Crippen molar-refractivity contribution in [3.63, 3.8) is 0 Å². The minimum atomic E-state index is -1.20. The molecule has 10 heteroatoms. The van der Waals surface area contributed by atoms with Crippen LogP contribution in [0.1, 0.15) is 12.6 Å². The lowest BCUT2D eigenvalue weighted by Crippen LogP contribution is -2.28. The summed E-state index contributed by atoms with van der Waals surface area (Å²) < 4.78 is 7.67. The maximum absolute atomic E-state index is 11.9. The van der Waals surface area contributed by atoms with Gasteiger partial charge in [-0.2, -0.15) is 4.98 Å². The van der Waals surface area contributed by atoms with Crippen LogP contribution in [0.2, 0.25) is 0 Å². The van der Waals surface area contributed by atoms with E-state index in [-0.39, 0.29) is 22.4 Å². The van der Waals surface area contributed by atoms with Crippen molar-refractivity contribution in [2.75, 3.05) is 25.2 Å². The average molecular weight is 418 g/mol. The largest absolute Gasteiger partial charge is 0.389 e. The lowest BCUT2D eigenvalue weighted by Gasteiger charge is -2.18. The second-order valence-corrected chi connectivity index (χ2v) is 12.1. The topological polar surface area (TPSA) is 119 Å². The van der Waals surface area contributed by atoms with Gasteiger partial charge in [0.15, 0.2) is 17.4 Å². The highest BCUT2D eigenvalue weighted by molar-refractivity contribution is 9.09. The number of imidazole rings is 1. The molecule has 1 aliphatic rings. The Kier molecular flexibility index (Phi) is 4.63. The zero-order valence-electron chi connectivity index (χ0n) is 13.5. The van der Waals surface area contributed by atoms with Crippen molar-refractivity contribution in [1.29, 1.82) is 0 Å². The number of nitrogens with zero attached hydrogens (tertiary/aromatic N) is 3. The van der Waals surface area contributed by atoms with Crippen LogP contribution in [0.15, 0.2) is 11.1 Å². The third kappa shape index (κ3) is 3.31. The molecule has 3 heterocycles. The number of anilines is 1. The molecular formula is C14H21BrN5O3P. The smallest absolute Gasteiger partial charge is 0.280 e. The summed E-state index contributed by atoms with van der Waals surface area (Å²) in [7, 11) is 0. The lowest BCUT2D eigenvalue weighted by atomic mass is 10.1. The van der Waals surface area contributed by atoms with Crippen molar-refractivity contribution in [3.05, 3.63) is 16.7 Å². The van der Waals surface area contributed by atoms with Gasteiger partial charge in [0.05, 0.1) is 23.4 Å². The molecule has 2 aromatic heterocycles. The Morgan fingerprint density at radius 1 is 1.58 bits per heavy atom. The molecule has 1 aliphatic heterocycles. The number of fused-ring (bicyclic) bond motifs is 1. The van der Waals surface area contributed by atoms with E-state index in [0.29, 0.717) is 5.65 Å². The van der Waals surface area contributed by atoms with Crippen molar-refractivity contribution in [2.24, 2.45) is 0 Å². The molecular weight excluding hydrogens is 397 g/mol. The summed E-state index contributed by atoms with van der Waals surface area (Å²) in [5.74, 6) is 0.0130. The van der Waals surface area contributed by atoms with Crippen molar-refractivity contribution < 1.29 is 9.84 Å². The third-order valence-electron chi connectivity index (χ3n) is 4.04. The number of aromatic nitrogens is 4. The first-order chi connectivity index (χ1) is 11.2. The number of aromatic amines is 1. The Morgan fingerprint density at radius 2 is 2.29 bits per heavy atom. The fraction of sp³-hybridized carbons (Fsp3) is 0.571. The minimum absolute atomic E-state index is 0.0130. The Labute approximate surface area is 147 Å². The number of nitrogens with two attached hydrogens (primary N) is 1. The van der Waals surface area contributed by atoms with Crippen LogP contribution in [0.25, 0.3) is 11.2 Å². The van der Waals surface area contributed by atoms with Gasteiger partial charge in [0.2, 0.25) is 5.95 Å². The van der Waals surface area contributed by atoms with Gasteiger partial charge in [-0.15, -0.1) is 13.2 Å². The predicted molar refractivity (Wildman–Crippen MR) is 101 cm³/mol. The molecule has 0 bridgehead atoms. The van der Waals surface area contributed by atoms with Gasteiger partial charge in [0, 0.05) is 0 Å². The van der Waals surface area contributed by atoms with Crippen LogP contribution in [0.4, 0.5) is 5.95 Å². The SMILES string of the molecule is C=P(C)(C)CC[C@H]1OC(n2cnc3c(=O)[nH]c(N)nc32)[C@H](Br)[C@@H]1O. The fourth-order valence-electron chi connectivity index (χ4n) is 2.77. The number of nitrogen functional groups attached to an aromatic ring is 1. The number of hydrogen-bond donors (Lipinski definition) is 3. The predicted octanol–water partition coefficient (Wildman–Crippen LogP) is 0.823. The van der Waals surface area contributed by atoms with Crippen molar-refractivity contribution in [3.8, 4) is 0 Å². The lowest BCUT2D eigenvalue weighted by molar-refractivity contribution is -0.0174. The molecule has 0 radical (unpaired) electrons. The molecule has 2 aromatic rings. The van der Waals surface area contributed by atoms with E-state index in [1.807, 2.05) is 0 Å². The van der Waals surface area contributed by atoms with Crippen molar-refractivity contribution in [1.82, 2.24) is 19.5 Å². The second kappa shape index (κ2) is 6.29. The number of halogens is 1. The molecule has 0 amide bonds. The van der Waals surface area contributed by atoms with E-state index in [1.54, 1.807) is 4.57 Å². The van der Waals surface area contributed by atoms with E-state index in [2.05, 4.69) is 50.5 Å². The number of aliphatic hydroxyl groups excluding tert-OH is 1. The standard InChI is InChI=1S/C14H21BrN5O3P/c1-24(2,3)5-4-7-10(21)8(15)13(23-7)20-6-17-9-11(20)18-14(16)19-12(9)22/h6-8,10,13,21H,1,4-5H2,2-3H3,(H3,16,18,19,22)/t7-,8-,10-,13?/m1/s1. The first kappa shape index (κ1) is 17.7. The summed E-state index contributed by atoms with van der Waals surface area (Å²) in [6.07, 6.45) is 5.84. The van der Waals surface area contributed by atoms with Gasteiger partial charge in [0.1, 0.15) is 0 Å².